The monoisotopic (exact) mass is 403 g/mol. The van der Waals surface area contributed by atoms with Crippen LogP contribution in [-0.2, 0) is 14.8 Å². The van der Waals surface area contributed by atoms with Gasteiger partial charge in [-0.25, -0.2) is 12.7 Å². The Morgan fingerprint density at radius 3 is 2.65 bits per heavy atom. The summed E-state index contributed by atoms with van der Waals surface area (Å²) in [5, 5.41) is 6.22. The van der Waals surface area contributed by atoms with Crippen molar-refractivity contribution in [2.75, 3.05) is 32.5 Å². The van der Waals surface area contributed by atoms with E-state index >= 15 is 0 Å². The highest BCUT2D eigenvalue weighted by atomic mass is 35.5. The van der Waals surface area contributed by atoms with Gasteiger partial charge in [-0.3, -0.25) is 4.79 Å². The van der Waals surface area contributed by atoms with E-state index in [2.05, 4.69) is 17.6 Å². The zero-order valence-electron chi connectivity index (χ0n) is 15.9. The fourth-order valence-corrected chi connectivity index (χ4v) is 4.33. The third-order valence-corrected chi connectivity index (χ3v) is 6.83. The van der Waals surface area contributed by atoms with Gasteiger partial charge in [-0.1, -0.05) is 13.0 Å². The van der Waals surface area contributed by atoms with Crippen molar-refractivity contribution >= 4 is 34.0 Å². The first-order chi connectivity index (χ1) is 11.7. The molecule has 8 heteroatoms. The average Bonchev–Trinajstić information content (AvgIpc) is 2.57. The molecule has 2 atom stereocenters. The second kappa shape index (κ2) is 9.69. The molecule has 1 aliphatic rings. The van der Waals surface area contributed by atoms with E-state index in [1.54, 1.807) is 19.1 Å². The number of nitrogens with one attached hydrogen (secondary N) is 2. The van der Waals surface area contributed by atoms with Gasteiger partial charge in [0, 0.05) is 26.2 Å². The Morgan fingerprint density at radius 1 is 1.38 bits per heavy atom. The largest absolute Gasteiger partial charge is 0.326 e. The highest BCUT2D eigenvalue weighted by Crippen LogP contribution is 2.25. The van der Waals surface area contributed by atoms with Gasteiger partial charge in [-0.05, 0) is 62.4 Å². The van der Waals surface area contributed by atoms with E-state index in [9.17, 15) is 13.2 Å². The van der Waals surface area contributed by atoms with Crippen LogP contribution < -0.4 is 10.6 Å². The molecular formula is C18H30ClN3O3S. The number of carbonyl (C=O) groups excluding carboxylic acids is 1. The predicted molar refractivity (Wildman–Crippen MR) is 107 cm³/mol. The summed E-state index contributed by atoms with van der Waals surface area (Å²) in [7, 11) is -0.532. The fraction of sp³-hybridized carbons (Fsp3) is 0.611. The Balaban J connectivity index is 0.00000338. The van der Waals surface area contributed by atoms with Gasteiger partial charge in [0.1, 0.15) is 0 Å². The lowest BCUT2D eigenvalue weighted by Gasteiger charge is -2.28. The summed E-state index contributed by atoms with van der Waals surface area (Å²) >= 11 is 0. The maximum Gasteiger partial charge on any atom is 0.242 e. The normalized spacial score (nSPS) is 18.9. The van der Waals surface area contributed by atoms with Gasteiger partial charge < -0.3 is 10.6 Å². The quantitative estimate of drug-likeness (QED) is 0.765. The molecule has 1 aromatic carbocycles. The first-order valence-electron chi connectivity index (χ1n) is 8.75. The minimum atomic E-state index is -3.53. The maximum absolute atomic E-state index is 12.4. The van der Waals surface area contributed by atoms with Crippen molar-refractivity contribution in [3.63, 3.8) is 0 Å². The third kappa shape index (κ3) is 5.67. The van der Waals surface area contributed by atoms with Crippen molar-refractivity contribution < 1.29 is 13.2 Å². The summed E-state index contributed by atoms with van der Waals surface area (Å²) in [4.78, 5) is 12.6. The number of amides is 1. The van der Waals surface area contributed by atoms with E-state index in [4.69, 9.17) is 0 Å². The molecule has 1 saturated heterocycles. The smallest absolute Gasteiger partial charge is 0.242 e. The molecule has 26 heavy (non-hydrogen) atoms. The zero-order valence-corrected chi connectivity index (χ0v) is 17.5. The van der Waals surface area contributed by atoms with Crippen LogP contribution in [0.1, 0.15) is 31.7 Å². The Bertz CT molecular complexity index is 716. The number of hydrogen-bond acceptors (Lipinski definition) is 4. The minimum absolute atomic E-state index is 0. The lowest BCUT2D eigenvalue weighted by atomic mass is 9.85. The first-order valence-corrected chi connectivity index (χ1v) is 10.2. The van der Waals surface area contributed by atoms with E-state index in [0.29, 0.717) is 29.5 Å². The number of aryl methyl sites for hydroxylation is 1. The number of rotatable bonds is 6. The molecule has 2 unspecified atom stereocenters. The van der Waals surface area contributed by atoms with Gasteiger partial charge in [0.05, 0.1) is 4.90 Å². The van der Waals surface area contributed by atoms with E-state index in [1.807, 2.05) is 0 Å². The molecule has 0 aromatic heterocycles. The summed E-state index contributed by atoms with van der Waals surface area (Å²) in [6.45, 7) is 5.88. The molecule has 0 bridgehead atoms. The number of sulfonamides is 1. The summed E-state index contributed by atoms with van der Waals surface area (Å²) in [6.07, 6.45) is 2.74. The number of hydrogen-bond donors (Lipinski definition) is 2. The second-order valence-electron chi connectivity index (χ2n) is 7.10. The van der Waals surface area contributed by atoms with Gasteiger partial charge in [0.15, 0.2) is 0 Å². The molecule has 1 aromatic rings. The van der Waals surface area contributed by atoms with Crippen molar-refractivity contribution in [1.82, 2.24) is 9.62 Å². The van der Waals surface area contributed by atoms with Crippen LogP contribution in [0.3, 0.4) is 0 Å². The summed E-state index contributed by atoms with van der Waals surface area (Å²) in [5.74, 6) is 0.737. The van der Waals surface area contributed by atoms with E-state index < -0.39 is 10.0 Å². The van der Waals surface area contributed by atoms with Crippen LogP contribution >= 0.6 is 12.4 Å². The number of halogens is 1. The van der Waals surface area contributed by atoms with Crippen LogP contribution in [0.5, 0.6) is 0 Å². The van der Waals surface area contributed by atoms with Crippen molar-refractivity contribution in [2.24, 2.45) is 11.8 Å². The Kier molecular flexibility index (Phi) is 8.53. The number of nitrogens with zero attached hydrogens (tertiary/aromatic N) is 1. The fourth-order valence-electron chi connectivity index (χ4n) is 3.19. The molecule has 1 amide bonds. The SMILES string of the molecule is Cc1ccc(NC(=O)CC(C)C2CCCNC2)cc1S(=O)(=O)N(C)C.Cl. The molecule has 148 valence electrons. The summed E-state index contributed by atoms with van der Waals surface area (Å²) in [6, 6.07) is 5.00. The van der Waals surface area contributed by atoms with Gasteiger partial charge >= 0.3 is 0 Å². The van der Waals surface area contributed by atoms with Crippen LogP contribution in [0.4, 0.5) is 5.69 Å². The topological polar surface area (TPSA) is 78.5 Å². The maximum atomic E-state index is 12.4. The van der Waals surface area contributed by atoms with Gasteiger partial charge in [-0.2, -0.15) is 0 Å². The van der Waals surface area contributed by atoms with Gasteiger partial charge in [-0.15, -0.1) is 12.4 Å². The Hall–Kier alpha value is -1.15. The summed E-state index contributed by atoms with van der Waals surface area (Å²) in [5.41, 5.74) is 1.18. The first kappa shape index (κ1) is 22.9. The highest BCUT2D eigenvalue weighted by molar-refractivity contribution is 7.89. The number of benzene rings is 1. The van der Waals surface area contributed by atoms with Crippen LogP contribution in [0.2, 0.25) is 0 Å². The summed E-state index contributed by atoms with van der Waals surface area (Å²) < 4.78 is 25.9. The molecular weight excluding hydrogens is 374 g/mol. The molecule has 2 rings (SSSR count). The molecule has 2 N–H and O–H groups in total. The number of piperidine rings is 1. The van der Waals surface area contributed by atoms with Crippen LogP contribution in [0, 0.1) is 18.8 Å². The lowest BCUT2D eigenvalue weighted by Crippen LogP contribution is -2.34. The highest BCUT2D eigenvalue weighted by Gasteiger charge is 2.23. The Labute approximate surface area is 163 Å². The third-order valence-electron chi connectivity index (χ3n) is 4.88. The molecule has 0 radical (unpaired) electrons. The van der Waals surface area contributed by atoms with Crippen molar-refractivity contribution in [3.8, 4) is 0 Å². The molecule has 1 heterocycles. The molecule has 1 aliphatic heterocycles. The molecule has 0 aliphatic carbocycles. The Morgan fingerprint density at radius 2 is 2.08 bits per heavy atom. The van der Waals surface area contributed by atoms with Crippen LogP contribution in [0.15, 0.2) is 23.1 Å². The molecule has 6 nitrogen and oxygen atoms in total. The van der Waals surface area contributed by atoms with E-state index in [0.717, 1.165) is 25.9 Å². The lowest BCUT2D eigenvalue weighted by molar-refractivity contribution is -0.117. The van der Waals surface area contributed by atoms with Gasteiger partial charge in [0.2, 0.25) is 15.9 Å². The number of anilines is 1. The standard InChI is InChI=1S/C18H29N3O3S.ClH/c1-13-7-8-16(11-17(13)25(23,24)21(3)4)20-18(22)10-14(2)15-6-5-9-19-12-15;/h7-8,11,14-15,19H,5-6,9-10,12H2,1-4H3,(H,20,22);1H. The number of carbonyl (C=O) groups is 1. The molecule has 0 saturated carbocycles. The van der Waals surface area contributed by atoms with Crippen LogP contribution in [0.25, 0.3) is 0 Å². The molecule has 1 fully saturated rings. The van der Waals surface area contributed by atoms with E-state index in [-0.39, 0.29) is 23.2 Å². The minimum Gasteiger partial charge on any atom is -0.326 e. The van der Waals surface area contributed by atoms with Crippen molar-refractivity contribution in [2.45, 2.75) is 38.0 Å². The predicted octanol–water partition coefficient (Wildman–Crippen LogP) is 2.63. The molecule has 0 spiro atoms. The average molecular weight is 404 g/mol. The van der Waals surface area contributed by atoms with Gasteiger partial charge in [0.25, 0.3) is 0 Å². The van der Waals surface area contributed by atoms with Crippen molar-refractivity contribution in [3.05, 3.63) is 23.8 Å². The zero-order chi connectivity index (χ0) is 18.6. The van der Waals surface area contributed by atoms with E-state index in [1.165, 1.54) is 24.5 Å². The van der Waals surface area contributed by atoms with Crippen molar-refractivity contribution in [1.29, 1.82) is 0 Å². The second-order valence-corrected chi connectivity index (χ2v) is 9.22. The van der Waals surface area contributed by atoms with Crippen LogP contribution in [-0.4, -0.2) is 45.8 Å².